The van der Waals surface area contributed by atoms with E-state index < -0.39 is 0 Å². The largest absolute Gasteiger partial charge is 0.361 e. The third-order valence-corrected chi connectivity index (χ3v) is 3.68. The van der Waals surface area contributed by atoms with Crippen LogP contribution in [0.2, 0.25) is 0 Å². The van der Waals surface area contributed by atoms with Crippen molar-refractivity contribution < 1.29 is 4.79 Å². The van der Waals surface area contributed by atoms with Gasteiger partial charge in [0.05, 0.1) is 6.42 Å². The van der Waals surface area contributed by atoms with Gasteiger partial charge in [-0.15, -0.1) is 0 Å². The summed E-state index contributed by atoms with van der Waals surface area (Å²) in [5.41, 5.74) is 3.17. The van der Waals surface area contributed by atoms with Crippen LogP contribution in [0.3, 0.4) is 0 Å². The normalized spacial score (nSPS) is 10.7. The van der Waals surface area contributed by atoms with E-state index in [-0.39, 0.29) is 5.91 Å². The maximum Gasteiger partial charge on any atom is 0.224 e. The molecule has 3 aromatic rings. The third kappa shape index (κ3) is 3.52. The lowest BCUT2D eigenvalue weighted by atomic mass is 10.1. The molecule has 4 heteroatoms. The number of fused-ring (bicyclic) bond motifs is 1. The number of carbonyl (C=O) groups is 1. The van der Waals surface area contributed by atoms with E-state index in [0.717, 1.165) is 35.0 Å². The van der Waals surface area contributed by atoms with Crippen molar-refractivity contribution in [3.8, 4) is 0 Å². The number of benzene rings is 1. The Morgan fingerprint density at radius 2 is 2.00 bits per heavy atom. The van der Waals surface area contributed by atoms with Gasteiger partial charge < -0.3 is 10.3 Å². The van der Waals surface area contributed by atoms with Crippen molar-refractivity contribution in [2.45, 2.75) is 19.3 Å². The highest BCUT2D eigenvalue weighted by molar-refractivity contribution is 5.88. The lowest BCUT2D eigenvalue weighted by Gasteiger charge is -2.05. The highest BCUT2D eigenvalue weighted by atomic mass is 16.1. The second-order valence-electron chi connectivity index (χ2n) is 5.31. The second kappa shape index (κ2) is 6.89. The molecule has 4 nitrogen and oxygen atoms in total. The average molecular weight is 293 g/mol. The molecule has 0 bridgehead atoms. The summed E-state index contributed by atoms with van der Waals surface area (Å²) < 4.78 is 0. The first kappa shape index (κ1) is 14.3. The SMILES string of the molecule is O=C(Cc1c[nH]c2ccccc12)NCCCc1ccccn1. The molecule has 1 aromatic carbocycles. The van der Waals surface area contributed by atoms with Crippen molar-refractivity contribution >= 4 is 16.8 Å². The molecule has 0 fully saturated rings. The van der Waals surface area contributed by atoms with Crippen molar-refractivity contribution in [3.63, 3.8) is 0 Å². The summed E-state index contributed by atoms with van der Waals surface area (Å²) in [6, 6.07) is 13.9. The number of hydrogen-bond acceptors (Lipinski definition) is 2. The molecule has 1 amide bonds. The van der Waals surface area contributed by atoms with Crippen LogP contribution in [0.1, 0.15) is 17.7 Å². The van der Waals surface area contributed by atoms with Gasteiger partial charge in [0.25, 0.3) is 0 Å². The molecule has 2 heterocycles. The Kier molecular flexibility index (Phi) is 4.49. The third-order valence-electron chi connectivity index (χ3n) is 3.68. The molecule has 22 heavy (non-hydrogen) atoms. The molecule has 0 saturated heterocycles. The summed E-state index contributed by atoms with van der Waals surface area (Å²) in [4.78, 5) is 19.5. The van der Waals surface area contributed by atoms with Crippen LogP contribution in [-0.2, 0) is 17.6 Å². The van der Waals surface area contributed by atoms with Gasteiger partial charge in [0.1, 0.15) is 0 Å². The molecule has 0 spiro atoms. The zero-order chi connectivity index (χ0) is 15.2. The maximum atomic E-state index is 12.0. The molecule has 0 radical (unpaired) electrons. The fourth-order valence-electron chi connectivity index (χ4n) is 2.56. The Morgan fingerprint density at radius 3 is 2.86 bits per heavy atom. The number of para-hydroxylation sites is 1. The Bertz CT molecular complexity index is 749. The van der Waals surface area contributed by atoms with Gasteiger partial charge in [-0.1, -0.05) is 24.3 Å². The lowest BCUT2D eigenvalue weighted by Crippen LogP contribution is -2.26. The molecule has 3 rings (SSSR count). The van der Waals surface area contributed by atoms with Crippen LogP contribution in [0.15, 0.2) is 54.9 Å². The number of pyridine rings is 1. The Balaban J connectivity index is 1.47. The number of aromatic amines is 1. The van der Waals surface area contributed by atoms with Crippen LogP contribution in [0.25, 0.3) is 10.9 Å². The summed E-state index contributed by atoms with van der Waals surface area (Å²) in [5, 5.41) is 4.09. The highest BCUT2D eigenvalue weighted by Crippen LogP contribution is 2.17. The van der Waals surface area contributed by atoms with E-state index in [2.05, 4.69) is 15.3 Å². The van der Waals surface area contributed by atoms with Crippen molar-refractivity contribution in [2.75, 3.05) is 6.54 Å². The van der Waals surface area contributed by atoms with Gasteiger partial charge in [-0.2, -0.15) is 0 Å². The number of H-pyrrole nitrogens is 1. The minimum atomic E-state index is 0.0609. The number of nitrogens with one attached hydrogen (secondary N) is 2. The first-order chi connectivity index (χ1) is 10.8. The number of aromatic nitrogens is 2. The van der Waals surface area contributed by atoms with Gasteiger partial charge in [-0.05, 0) is 36.6 Å². The first-order valence-corrected chi connectivity index (χ1v) is 7.54. The quantitative estimate of drug-likeness (QED) is 0.687. The Morgan fingerprint density at radius 1 is 1.14 bits per heavy atom. The van der Waals surface area contributed by atoms with E-state index in [0.29, 0.717) is 13.0 Å². The summed E-state index contributed by atoms with van der Waals surface area (Å²) >= 11 is 0. The fraction of sp³-hybridized carbons (Fsp3) is 0.222. The highest BCUT2D eigenvalue weighted by Gasteiger charge is 2.07. The number of aryl methyl sites for hydroxylation is 1. The summed E-state index contributed by atoms with van der Waals surface area (Å²) in [6.07, 6.45) is 5.90. The van der Waals surface area contributed by atoms with E-state index in [1.54, 1.807) is 6.20 Å². The fourth-order valence-corrected chi connectivity index (χ4v) is 2.56. The van der Waals surface area contributed by atoms with E-state index in [1.807, 2.05) is 48.7 Å². The minimum absolute atomic E-state index is 0.0609. The molecule has 0 aliphatic rings. The lowest BCUT2D eigenvalue weighted by molar-refractivity contribution is -0.120. The van der Waals surface area contributed by atoms with Crippen molar-refractivity contribution in [2.24, 2.45) is 0 Å². The zero-order valence-electron chi connectivity index (χ0n) is 12.4. The number of rotatable bonds is 6. The second-order valence-corrected chi connectivity index (χ2v) is 5.31. The van der Waals surface area contributed by atoms with Crippen LogP contribution in [0, 0.1) is 0 Å². The molecule has 2 N–H and O–H groups in total. The van der Waals surface area contributed by atoms with Crippen LogP contribution in [-0.4, -0.2) is 22.4 Å². The standard InChI is InChI=1S/C18H19N3O/c22-18(20-11-5-7-15-6-3-4-10-19-15)12-14-13-21-17-9-2-1-8-16(14)17/h1-4,6,8-10,13,21H,5,7,11-12H2,(H,20,22). The van der Waals surface area contributed by atoms with E-state index >= 15 is 0 Å². The van der Waals surface area contributed by atoms with Crippen LogP contribution < -0.4 is 5.32 Å². The number of hydrogen-bond donors (Lipinski definition) is 2. The summed E-state index contributed by atoms with van der Waals surface area (Å²) in [5.74, 6) is 0.0609. The van der Waals surface area contributed by atoms with Gasteiger partial charge in [-0.3, -0.25) is 9.78 Å². The Hall–Kier alpha value is -2.62. The zero-order valence-corrected chi connectivity index (χ0v) is 12.4. The topological polar surface area (TPSA) is 57.8 Å². The van der Waals surface area contributed by atoms with Gasteiger partial charge in [0, 0.05) is 35.5 Å². The molecule has 0 aliphatic heterocycles. The average Bonchev–Trinajstić information content (AvgIpc) is 2.96. The molecule has 0 atom stereocenters. The summed E-state index contributed by atoms with van der Waals surface area (Å²) in [6.45, 7) is 0.678. The van der Waals surface area contributed by atoms with Crippen molar-refractivity contribution in [3.05, 3.63) is 66.1 Å². The number of amides is 1. The maximum absolute atomic E-state index is 12.0. The van der Waals surface area contributed by atoms with Crippen LogP contribution in [0.5, 0.6) is 0 Å². The first-order valence-electron chi connectivity index (χ1n) is 7.54. The summed E-state index contributed by atoms with van der Waals surface area (Å²) in [7, 11) is 0. The van der Waals surface area contributed by atoms with E-state index in [1.165, 1.54) is 0 Å². The molecular formula is C18H19N3O. The minimum Gasteiger partial charge on any atom is -0.361 e. The molecule has 112 valence electrons. The molecular weight excluding hydrogens is 274 g/mol. The molecule has 0 saturated carbocycles. The molecule has 2 aromatic heterocycles. The predicted molar refractivity (Wildman–Crippen MR) is 87.6 cm³/mol. The van der Waals surface area contributed by atoms with Crippen LogP contribution in [0.4, 0.5) is 0 Å². The number of nitrogens with zero attached hydrogens (tertiary/aromatic N) is 1. The number of carbonyl (C=O) groups excluding carboxylic acids is 1. The smallest absolute Gasteiger partial charge is 0.224 e. The van der Waals surface area contributed by atoms with Crippen LogP contribution >= 0.6 is 0 Å². The van der Waals surface area contributed by atoms with Gasteiger partial charge >= 0.3 is 0 Å². The van der Waals surface area contributed by atoms with E-state index in [4.69, 9.17) is 0 Å². The molecule has 0 unspecified atom stereocenters. The van der Waals surface area contributed by atoms with Gasteiger partial charge in [0.15, 0.2) is 0 Å². The molecule has 0 aliphatic carbocycles. The van der Waals surface area contributed by atoms with Gasteiger partial charge in [-0.25, -0.2) is 0 Å². The predicted octanol–water partition coefficient (Wildman–Crippen LogP) is 2.85. The van der Waals surface area contributed by atoms with Crippen molar-refractivity contribution in [1.29, 1.82) is 0 Å². The van der Waals surface area contributed by atoms with E-state index in [9.17, 15) is 4.79 Å². The Labute approximate surface area is 129 Å². The van der Waals surface area contributed by atoms with Crippen molar-refractivity contribution in [1.82, 2.24) is 15.3 Å². The van der Waals surface area contributed by atoms with Gasteiger partial charge in [0.2, 0.25) is 5.91 Å². The monoisotopic (exact) mass is 293 g/mol.